The van der Waals surface area contributed by atoms with Gasteiger partial charge in [0, 0.05) is 46.3 Å². The maximum absolute atomic E-state index is 8.75. The van der Waals surface area contributed by atoms with Crippen molar-refractivity contribution in [1.82, 2.24) is 9.55 Å². The number of aromatic nitrogens is 2. The number of rotatable bonds is 4. The molecule has 0 spiro atoms. The number of nitrogens with zero attached hydrogens (tertiary/aromatic N) is 2. The molecule has 147 valence electrons. The van der Waals surface area contributed by atoms with E-state index in [9.17, 15) is 0 Å². The van der Waals surface area contributed by atoms with Gasteiger partial charge in [-0.05, 0) is 13.9 Å². The van der Waals surface area contributed by atoms with E-state index < -0.39 is 12.1 Å². The van der Waals surface area contributed by atoms with E-state index in [0.29, 0.717) is 5.69 Å². The molecule has 30 heavy (non-hydrogen) atoms. The van der Waals surface area contributed by atoms with Gasteiger partial charge in [-0.2, -0.15) is 0 Å². The monoisotopic (exact) mass is 570 g/mol. The molecule has 4 aromatic carbocycles. The Labute approximate surface area is 198 Å². The predicted octanol–water partition coefficient (Wildman–Crippen LogP) is 6.67. The average molecular weight is 570 g/mol. The molecule has 5 aromatic rings. The molecule has 0 saturated carbocycles. The number of imidazole rings is 1. The summed E-state index contributed by atoms with van der Waals surface area (Å²) in [6.07, 6.45) is -0.496. The Bertz CT molecular complexity index is 1490. The van der Waals surface area contributed by atoms with Gasteiger partial charge in [-0.3, -0.25) is 4.98 Å². The SMILES string of the molecule is [2H]c1[c-]c(-c2nc([2H])c([2H])n2-c2c(-c3ccccc3)cccc2-c2ccccc2)c([2H])c([2H])c1[2H].[Ir]. The first kappa shape index (κ1) is 13.9. The van der Waals surface area contributed by atoms with E-state index in [1.54, 1.807) is 0 Å². The molecule has 0 aliphatic rings. The second-order valence-electron chi connectivity index (χ2n) is 6.43. The third kappa shape index (κ3) is 3.78. The van der Waals surface area contributed by atoms with Gasteiger partial charge in [0.25, 0.3) is 0 Å². The maximum Gasteiger partial charge on any atom is 0.0846 e. The summed E-state index contributed by atoms with van der Waals surface area (Å²) in [4.78, 5) is 4.26. The number of hydrogen-bond donors (Lipinski definition) is 0. The van der Waals surface area contributed by atoms with Crippen molar-refractivity contribution in [2.75, 3.05) is 0 Å². The van der Waals surface area contributed by atoms with Crippen LogP contribution in [0.3, 0.4) is 0 Å². The van der Waals surface area contributed by atoms with Crippen LogP contribution in [0.15, 0.2) is 115 Å². The molecular formula is C27H19IrN2-. The summed E-state index contributed by atoms with van der Waals surface area (Å²) in [5, 5.41) is 0. The quantitative estimate of drug-likeness (QED) is 0.221. The van der Waals surface area contributed by atoms with Crippen LogP contribution in [0.2, 0.25) is 0 Å². The topological polar surface area (TPSA) is 17.8 Å². The van der Waals surface area contributed by atoms with Crippen molar-refractivity contribution in [2.45, 2.75) is 0 Å². The van der Waals surface area contributed by atoms with Gasteiger partial charge in [-0.25, -0.2) is 0 Å². The van der Waals surface area contributed by atoms with Gasteiger partial charge in [0.2, 0.25) is 0 Å². The standard InChI is InChI=1S/C27H19N2.Ir/c1-4-11-21(12-5-1)24-17-10-18-25(22-13-6-2-7-14-22)26(24)29-20-19-28-27(29)23-15-8-3-9-16-23;/h1-15,17-20H;/q-1;/i3D,8D,9D,15D,19D,20D;. The molecule has 0 bridgehead atoms. The molecule has 5 rings (SSSR count). The molecule has 3 heteroatoms. The van der Waals surface area contributed by atoms with Crippen LogP contribution in [-0.4, -0.2) is 9.55 Å². The van der Waals surface area contributed by atoms with E-state index >= 15 is 0 Å². The van der Waals surface area contributed by atoms with E-state index in [1.807, 2.05) is 78.9 Å². The van der Waals surface area contributed by atoms with Crippen molar-refractivity contribution < 1.29 is 28.3 Å². The Hall–Kier alpha value is -3.26. The molecule has 0 aliphatic heterocycles. The van der Waals surface area contributed by atoms with Gasteiger partial charge in [0.15, 0.2) is 0 Å². The summed E-state index contributed by atoms with van der Waals surface area (Å²) in [5.74, 6) is 0.0626. The second kappa shape index (κ2) is 9.04. The van der Waals surface area contributed by atoms with Gasteiger partial charge in [-0.1, -0.05) is 78.9 Å². The van der Waals surface area contributed by atoms with Crippen molar-refractivity contribution in [1.29, 1.82) is 0 Å². The Morgan fingerprint density at radius 3 is 2.03 bits per heavy atom. The fourth-order valence-electron chi connectivity index (χ4n) is 3.41. The van der Waals surface area contributed by atoms with Crippen LogP contribution in [0.4, 0.5) is 0 Å². The fraction of sp³-hybridized carbons (Fsp3) is 0. The largest absolute Gasteiger partial charge is 0.339 e. The van der Waals surface area contributed by atoms with Crippen molar-refractivity contribution in [2.24, 2.45) is 0 Å². The third-order valence-electron chi connectivity index (χ3n) is 4.69. The summed E-state index contributed by atoms with van der Waals surface area (Å²) in [7, 11) is 0. The first-order valence-corrected chi connectivity index (χ1v) is 9.18. The van der Waals surface area contributed by atoms with Crippen LogP contribution in [0.25, 0.3) is 39.3 Å². The smallest absolute Gasteiger partial charge is 0.0846 e. The van der Waals surface area contributed by atoms with E-state index in [0.717, 1.165) is 22.3 Å². The van der Waals surface area contributed by atoms with Gasteiger partial charge in [0.1, 0.15) is 0 Å². The first-order chi connectivity index (χ1) is 16.9. The fourth-order valence-corrected chi connectivity index (χ4v) is 3.41. The van der Waals surface area contributed by atoms with E-state index in [1.165, 1.54) is 4.57 Å². The summed E-state index contributed by atoms with van der Waals surface area (Å²) in [6.45, 7) is 0. The van der Waals surface area contributed by atoms with E-state index in [-0.39, 0.29) is 55.9 Å². The molecule has 0 unspecified atom stereocenters. The molecule has 1 aromatic heterocycles. The Kier molecular flexibility index (Phi) is 4.18. The minimum atomic E-state index is -0.420. The van der Waals surface area contributed by atoms with Gasteiger partial charge in [-0.15, -0.1) is 35.8 Å². The normalized spacial score (nSPS) is 13.2. The summed E-state index contributed by atoms with van der Waals surface area (Å²) in [5.41, 5.74) is 3.97. The Balaban J connectivity index is 0.00000304. The van der Waals surface area contributed by atoms with Crippen LogP contribution in [0.1, 0.15) is 8.22 Å². The molecule has 0 atom stereocenters. The van der Waals surface area contributed by atoms with Crippen LogP contribution in [0, 0.1) is 6.07 Å². The zero-order chi connectivity index (χ0) is 24.7. The minimum Gasteiger partial charge on any atom is -0.339 e. The molecule has 1 heterocycles. The van der Waals surface area contributed by atoms with Crippen LogP contribution in [-0.2, 0) is 20.1 Å². The zero-order valence-corrected chi connectivity index (χ0v) is 18.1. The van der Waals surface area contributed by atoms with Gasteiger partial charge in [0.05, 0.1) is 14.3 Å². The van der Waals surface area contributed by atoms with E-state index in [2.05, 4.69) is 11.1 Å². The summed E-state index contributed by atoms with van der Waals surface area (Å²) < 4.78 is 51.1. The first-order valence-electron chi connectivity index (χ1n) is 12.2. The van der Waals surface area contributed by atoms with Crippen LogP contribution >= 0.6 is 0 Å². The molecule has 0 aliphatic carbocycles. The third-order valence-corrected chi connectivity index (χ3v) is 4.69. The molecule has 1 radical (unpaired) electrons. The molecule has 0 saturated heterocycles. The molecule has 2 nitrogen and oxygen atoms in total. The summed E-state index contributed by atoms with van der Waals surface area (Å²) >= 11 is 0. The molecule has 0 fully saturated rings. The Morgan fingerprint density at radius 1 is 0.767 bits per heavy atom. The zero-order valence-electron chi connectivity index (χ0n) is 21.7. The van der Waals surface area contributed by atoms with Crippen molar-refractivity contribution in [3.05, 3.63) is 121 Å². The molecular weight excluding hydrogens is 545 g/mol. The minimum absolute atomic E-state index is 0. The molecule has 0 N–H and O–H groups in total. The van der Waals surface area contributed by atoms with Crippen LogP contribution < -0.4 is 0 Å². The van der Waals surface area contributed by atoms with E-state index in [4.69, 9.17) is 8.22 Å². The molecule has 0 amide bonds. The van der Waals surface area contributed by atoms with Crippen LogP contribution in [0.5, 0.6) is 0 Å². The number of hydrogen-bond acceptors (Lipinski definition) is 1. The number of benzene rings is 4. The van der Waals surface area contributed by atoms with Crippen molar-refractivity contribution in [3.8, 4) is 39.3 Å². The van der Waals surface area contributed by atoms with Crippen molar-refractivity contribution in [3.63, 3.8) is 0 Å². The van der Waals surface area contributed by atoms with Gasteiger partial charge >= 0.3 is 0 Å². The predicted molar refractivity (Wildman–Crippen MR) is 119 cm³/mol. The van der Waals surface area contributed by atoms with Gasteiger partial charge < -0.3 is 4.57 Å². The Morgan fingerprint density at radius 2 is 1.40 bits per heavy atom. The summed E-state index contributed by atoms with van der Waals surface area (Å²) in [6, 6.07) is 26.3. The second-order valence-corrected chi connectivity index (χ2v) is 6.43. The average Bonchev–Trinajstić information content (AvgIpc) is 3.18. The number of para-hydroxylation sites is 1. The van der Waals surface area contributed by atoms with Crippen molar-refractivity contribution >= 4 is 0 Å². The maximum atomic E-state index is 8.75.